The Balaban J connectivity index is 2.22. The molecule has 0 saturated carbocycles. The molecule has 28 heavy (non-hydrogen) atoms. The highest BCUT2D eigenvalue weighted by Gasteiger charge is 2.21. The number of rotatable bonds is 8. The summed E-state index contributed by atoms with van der Waals surface area (Å²) in [5.74, 6) is 0.953. The molecule has 0 aromatic carbocycles. The van der Waals surface area contributed by atoms with Crippen molar-refractivity contribution in [2.75, 3.05) is 32.7 Å². The molecule has 0 atom stereocenters. The summed E-state index contributed by atoms with van der Waals surface area (Å²) in [7, 11) is 0. The zero-order chi connectivity index (χ0) is 20.5. The lowest BCUT2D eigenvalue weighted by Gasteiger charge is -2.20. The average molecular weight is 387 g/mol. The van der Waals surface area contributed by atoms with E-state index in [1.165, 1.54) is 4.68 Å². The number of hydrogen-bond acceptors (Lipinski definition) is 5. The van der Waals surface area contributed by atoms with Crippen molar-refractivity contribution < 1.29 is 9.59 Å². The molecule has 152 valence electrons. The molecule has 2 aromatic heterocycles. The Hall–Kier alpha value is -2.97. The molecule has 0 radical (unpaired) electrons. The van der Waals surface area contributed by atoms with Crippen molar-refractivity contribution in [1.82, 2.24) is 34.9 Å². The van der Waals surface area contributed by atoms with E-state index < -0.39 is 0 Å². The molecule has 9 heteroatoms. The number of pyridine rings is 1. The predicted octanol–water partition coefficient (Wildman–Crippen LogP) is 2.24. The monoisotopic (exact) mass is 387 g/mol. The molecule has 9 nitrogen and oxygen atoms in total. The standard InChI is InChI=1S/C19H29N7O2/c1-5-24(6-2)18(27)21-13-11-16-22-17(15-10-9-12-20-14-15)23-26(16)19(28)25(7-3)8-4/h9-10,12,14H,5-8,11,13H2,1-4H3,(H,21,27). The summed E-state index contributed by atoms with van der Waals surface area (Å²) in [5, 5.41) is 7.29. The van der Waals surface area contributed by atoms with Crippen LogP contribution in [-0.2, 0) is 6.42 Å². The smallest absolute Gasteiger partial charge is 0.338 e. The molecule has 0 unspecified atom stereocenters. The van der Waals surface area contributed by atoms with Crippen LogP contribution in [0.15, 0.2) is 24.5 Å². The molecule has 3 amide bonds. The number of amides is 3. The first-order chi connectivity index (χ1) is 13.5. The van der Waals surface area contributed by atoms with Gasteiger partial charge in [0.2, 0.25) is 0 Å². The molecule has 0 spiro atoms. The van der Waals surface area contributed by atoms with Gasteiger partial charge in [0.05, 0.1) is 0 Å². The van der Waals surface area contributed by atoms with Crippen LogP contribution >= 0.6 is 0 Å². The van der Waals surface area contributed by atoms with Crippen molar-refractivity contribution in [2.24, 2.45) is 0 Å². The van der Waals surface area contributed by atoms with Gasteiger partial charge in [-0.25, -0.2) is 14.6 Å². The zero-order valence-electron chi connectivity index (χ0n) is 17.1. The second-order valence-electron chi connectivity index (χ2n) is 6.11. The summed E-state index contributed by atoms with van der Waals surface area (Å²) >= 11 is 0. The number of nitrogens with one attached hydrogen (secondary N) is 1. The van der Waals surface area contributed by atoms with Gasteiger partial charge in [-0.15, -0.1) is 5.10 Å². The van der Waals surface area contributed by atoms with Crippen LogP contribution < -0.4 is 5.32 Å². The third kappa shape index (κ3) is 5.05. The fourth-order valence-corrected chi connectivity index (χ4v) is 2.81. The normalized spacial score (nSPS) is 10.6. The van der Waals surface area contributed by atoms with E-state index in [1.54, 1.807) is 28.3 Å². The molecule has 2 heterocycles. The van der Waals surface area contributed by atoms with E-state index in [-0.39, 0.29) is 12.1 Å². The summed E-state index contributed by atoms with van der Waals surface area (Å²) in [6.07, 6.45) is 3.73. The number of hydrogen-bond donors (Lipinski definition) is 1. The summed E-state index contributed by atoms with van der Waals surface area (Å²) in [4.78, 5) is 37.0. The molecule has 2 rings (SSSR count). The van der Waals surface area contributed by atoms with Crippen molar-refractivity contribution >= 4 is 12.1 Å². The highest BCUT2D eigenvalue weighted by Crippen LogP contribution is 2.15. The SMILES string of the molecule is CCN(CC)C(=O)NCCc1nc(-c2cccnc2)nn1C(=O)N(CC)CC. The van der Waals surface area contributed by atoms with Crippen LogP contribution in [0.25, 0.3) is 11.4 Å². The molecule has 0 aliphatic heterocycles. The number of aromatic nitrogens is 4. The molecule has 0 bridgehead atoms. The van der Waals surface area contributed by atoms with Crippen LogP contribution in [0.2, 0.25) is 0 Å². The molecule has 0 aliphatic rings. The third-order valence-corrected chi connectivity index (χ3v) is 4.48. The van der Waals surface area contributed by atoms with Crippen molar-refractivity contribution in [3.8, 4) is 11.4 Å². The van der Waals surface area contributed by atoms with Crippen molar-refractivity contribution in [3.63, 3.8) is 0 Å². The van der Waals surface area contributed by atoms with Gasteiger partial charge in [0.15, 0.2) is 5.82 Å². The van der Waals surface area contributed by atoms with Gasteiger partial charge < -0.3 is 15.1 Å². The molecule has 0 fully saturated rings. The highest BCUT2D eigenvalue weighted by molar-refractivity contribution is 5.77. The lowest BCUT2D eigenvalue weighted by molar-refractivity contribution is 0.200. The maximum Gasteiger partial charge on any atom is 0.346 e. The Labute approximate surface area is 165 Å². The van der Waals surface area contributed by atoms with Crippen molar-refractivity contribution in [1.29, 1.82) is 0 Å². The van der Waals surface area contributed by atoms with Crippen LogP contribution in [-0.4, -0.2) is 74.3 Å². The van der Waals surface area contributed by atoms with E-state index in [0.29, 0.717) is 50.8 Å². The van der Waals surface area contributed by atoms with Crippen molar-refractivity contribution in [3.05, 3.63) is 30.4 Å². The molecule has 2 aromatic rings. The number of urea groups is 1. The quantitative estimate of drug-likeness (QED) is 0.749. The summed E-state index contributed by atoms with van der Waals surface area (Å²) in [5.41, 5.74) is 0.738. The van der Waals surface area contributed by atoms with Gasteiger partial charge in [0, 0.05) is 57.1 Å². The lowest BCUT2D eigenvalue weighted by Crippen LogP contribution is -2.41. The van der Waals surface area contributed by atoms with Crippen LogP contribution in [0.5, 0.6) is 0 Å². The second-order valence-corrected chi connectivity index (χ2v) is 6.11. The first-order valence-corrected chi connectivity index (χ1v) is 9.73. The average Bonchev–Trinajstić information content (AvgIpc) is 3.14. The maximum atomic E-state index is 12.8. The van der Waals surface area contributed by atoms with E-state index in [1.807, 2.05) is 33.8 Å². The van der Waals surface area contributed by atoms with Gasteiger partial charge in [-0.2, -0.15) is 4.68 Å². The van der Waals surface area contributed by atoms with Crippen LogP contribution in [0, 0.1) is 0 Å². The van der Waals surface area contributed by atoms with Gasteiger partial charge >= 0.3 is 12.1 Å². The minimum Gasteiger partial charge on any atom is -0.338 e. The topological polar surface area (TPSA) is 96.2 Å². The minimum absolute atomic E-state index is 0.126. The summed E-state index contributed by atoms with van der Waals surface area (Å²) in [6.45, 7) is 10.5. The number of carbonyl (C=O) groups is 2. The fourth-order valence-electron chi connectivity index (χ4n) is 2.81. The maximum absolute atomic E-state index is 12.8. The first kappa shape index (κ1) is 21.3. The molecular formula is C19H29N7O2. The Morgan fingerprint density at radius 1 is 1.07 bits per heavy atom. The summed E-state index contributed by atoms with van der Waals surface area (Å²) in [6, 6.07) is 3.29. The molecular weight excluding hydrogens is 358 g/mol. The molecule has 1 N–H and O–H groups in total. The zero-order valence-corrected chi connectivity index (χ0v) is 17.1. The number of nitrogens with zero attached hydrogens (tertiary/aromatic N) is 6. The summed E-state index contributed by atoms with van der Waals surface area (Å²) < 4.78 is 1.33. The predicted molar refractivity (Wildman–Crippen MR) is 107 cm³/mol. The van der Waals surface area contributed by atoms with Crippen molar-refractivity contribution in [2.45, 2.75) is 34.1 Å². The Bertz CT molecular complexity index is 768. The largest absolute Gasteiger partial charge is 0.346 e. The second kappa shape index (κ2) is 10.4. The van der Waals surface area contributed by atoms with Gasteiger partial charge in [0.25, 0.3) is 0 Å². The molecule has 0 saturated heterocycles. The van der Waals surface area contributed by atoms with Crippen LogP contribution in [0.3, 0.4) is 0 Å². The Kier molecular flexibility index (Phi) is 7.91. The van der Waals surface area contributed by atoms with Crippen LogP contribution in [0.4, 0.5) is 9.59 Å². The first-order valence-electron chi connectivity index (χ1n) is 9.73. The van der Waals surface area contributed by atoms with Crippen LogP contribution in [0.1, 0.15) is 33.5 Å². The van der Waals surface area contributed by atoms with E-state index in [4.69, 9.17) is 0 Å². The highest BCUT2D eigenvalue weighted by atomic mass is 16.2. The van der Waals surface area contributed by atoms with E-state index in [9.17, 15) is 9.59 Å². The Morgan fingerprint density at radius 3 is 2.32 bits per heavy atom. The number of carbonyl (C=O) groups excluding carboxylic acids is 2. The lowest BCUT2D eigenvalue weighted by atomic mass is 10.3. The van der Waals surface area contributed by atoms with Gasteiger partial charge in [0.1, 0.15) is 5.82 Å². The van der Waals surface area contributed by atoms with E-state index >= 15 is 0 Å². The Morgan fingerprint density at radius 2 is 1.75 bits per heavy atom. The third-order valence-electron chi connectivity index (χ3n) is 4.48. The van der Waals surface area contributed by atoms with E-state index in [2.05, 4.69) is 20.4 Å². The van der Waals surface area contributed by atoms with Gasteiger partial charge in [-0.05, 0) is 39.8 Å². The van der Waals surface area contributed by atoms with Gasteiger partial charge in [-0.3, -0.25) is 4.98 Å². The molecule has 0 aliphatic carbocycles. The van der Waals surface area contributed by atoms with Gasteiger partial charge in [-0.1, -0.05) is 0 Å². The van der Waals surface area contributed by atoms with E-state index in [0.717, 1.165) is 5.56 Å². The fraction of sp³-hybridized carbons (Fsp3) is 0.526. The minimum atomic E-state index is -0.224.